The molecule has 1 saturated heterocycles. The van der Waals surface area contributed by atoms with Gasteiger partial charge in [-0.15, -0.1) is 0 Å². The number of pyridine rings is 1. The summed E-state index contributed by atoms with van der Waals surface area (Å²) in [7, 11) is -3.07. The third-order valence-electron chi connectivity index (χ3n) is 3.87. The molecule has 0 aliphatic carbocycles. The van der Waals surface area contributed by atoms with Gasteiger partial charge in [0.05, 0.1) is 11.8 Å². The average molecular weight is 322 g/mol. The van der Waals surface area contributed by atoms with Crippen LogP contribution in [0.2, 0.25) is 0 Å². The molecule has 0 amide bonds. The zero-order valence-corrected chi connectivity index (χ0v) is 13.2. The Labute approximate surface area is 129 Å². The summed E-state index contributed by atoms with van der Waals surface area (Å²) in [6, 6.07) is 3.68. The number of hydrogen-bond donors (Lipinski definition) is 0. The van der Waals surface area contributed by atoms with E-state index in [1.165, 1.54) is 10.6 Å². The fourth-order valence-corrected chi connectivity index (χ4v) is 3.55. The fraction of sp³-hybridized carbons (Fsp3) is 0.500. The van der Waals surface area contributed by atoms with Gasteiger partial charge in [-0.2, -0.15) is 4.98 Å². The Bertz CT molecular complexity index is 730. The predicted octanol–water partition coefficient (Wildman–Crippen LogP) is 1.35. The van der Waals surface area contributed by atoms with Crippen molar-refractivity contribution < 1.29 is 12.9 Å². The van der Waals surface area contributed by atoms with Crippen molar-refractivity contribution in [2.45, 2.75) is 19.3 Å². The maximum Gasteiger partial charge on any atom is 0.259 e. The van der Waals surface area contributed by atoms with Crippen molar-refractivity contribution in [3.05, 3.63) is 30.4 Å². The quantitative estimate of drug-likeness (QED) is 0.825. The number of sulfonamides is 1. The van der Waals surface area contributed by atoms with E-state index in [2.05, 4.69) is 15.1 Å². The van der Waals surface area contributed by atoms with Gasteiger partial charge in [-0.25, -0.2) is 12.7 Å². The smallest absolute Gasteiger partial charge is 0.259 e. The van der Waals surface area contributed by atoms with Crippen LogP contribution in [-0.2, 0) is 16.4 Å². The maximum atomic E-state index is 11.5. The molecule has 2 aromatic heterocycles. The van der Waals surface area contributed by atoms with Gasteiger partial charge in [-0.1, -0.05) is 5.16 Å². The summed E-state index contributed by atoms with van der Waals surface area (Å²) in [6.07, 6.45) is 7.06. The Balaban J connectivity index is 1.56. The van der Waals surface area contributed by atoms with Gasteiger partial charge in [0.15, 0.2) is 5.82 Å². The summed E-state index contributed by atoms with van der Waals surface area (Å²) in [4.78, 5) is 8.38. The molecule has 22 heavy (non-hydrogen) atoms. The molecule has 0 N–H and O–H groups in total. The normalized spacial score (nSPS) is 19.6. The van der Waals surface area contributed by atoms with Crippen molar-refractivity contribution in [2.75, 3.05) is 19.3 Å². The summed E-state index contributed by atoms with van der Waals surface area (Å²) in [5.74, 6) is 1.47. The molecule has 1 atom stereocenters. The van der Waals surface area contributed by atoms with Crippen LogP contribution in [0, 0.1) is 5.92 Å². The minimum Gasteiger partial charge on any atom is -0.334 e. The lowest BCUT2D eigenvalue weighted by Crippen LogP contribution is -2.27. The molecule has 3 heterocycles. The standard InChI is InChI=1S/C14H18N4O3S/c1-22(19,20)18-8-6-11(10-18)4-5-13-16-14(21-17-13)12-3-2-7-15-9-12/h2-3,7,9,11H,4-6,8,10H2,1H3. The lowest BCUT2D eigenvalue weighted by molar-refractivity contribution is 0.414. The lowest BCUT2D eigenvalue weighted by Gasteiger charge is -2.12. The molecule has 0 saturated carbocycles. The summed E-state index contributed by atoms with van der Waals surface area (Å²) in [6.45, 7) is 1.20. The molecule has 118 valence electrons. The second kappa shape index (κ2) is 6.13. The minimum absolute atomic E-state index is 0.357. The first-order valence-corrected chi connectivity index (χ1v) is 9.05. The van der Waals surface area contributed by atoms with E-state index in [0.29, 0.717) is 37.1 Å². The van der Waals surface area contributed by atoms with Crippen molar-refractivity contribution in [3.63, 3.8) is 0 Å². The van der Waals surface area contributed by atoms with E-state index in [1.54, 1.807) is 12.4 Å². The first-order chi connectivity index (χ1) is 10.5. The zero-order valence-electron chi connectivity index (χ0n) is 12.3. The first-order valence-electron chi connectivity index (χ1n) is 7.20. The Kier molecular flexibility index (Phi) is 4.21. The second-order valence-electron chi connectivity index (χ2n) is 5.57. The molecule has 0 bridgehead atoms. The summed E-state index contributed by atoms with van der Waals surface area (Å²) in [5, 5.41) is 3.98. The van der Waals surface area contributed by atoms with Gasteiger partial charge in [0.25, 0.3) is 5.89 Å². The summed E-state index contributed by atoms with van der Waals surface area (Å²) < 4.78 is 29.8. The second-order valence-corrected chi connectivity index (χ2v) is 7.55. The van der Waals surface area contributed by atoms with E-state index < -0.39 is 10.0 Å². The Morgan fingerprint density at radius 2 is 2.32 bits per heavy atom. The van der Waals surface area contributed by atoms with Crippen molar-refractivity contribution in [3.8, 4) is 11.5 Å². The molecular formula is C14H18N4O3S. The monoisotopic (exact) mass is 322 g/mol. The number of aryl methyl sites for hydroxylation is 1. The van der Waals surface area contributed by atoms with Crippen molar-refractivity contribution in [2.24, 2.45) is 5.92 Å². The maximum absolute atomic E-state index is 11.5. The van der Waals surface area contributed by atoms with Crippen LogP contribution in [0.25, 0.3) is 11.5 Å². The zero-order chi connectivity index (χ0) is 15.6. The molecular weight excluding hydrogens is 304 g/mol. The molecule has 0 aromatic carbocycles. The highest BCUT2D eigenvalue weighted by Gasteiger charge is 2.28. The van der Waals surface area contributed by atoms with Crippen LogP contribution in [0.15, 0.2) is 29.0 Å². The van der Waals surface area contributed by atoms with Gasteiger partial charge in [-0.05, 0) is 30.9 Å². The highest BCUT2D eigenvalue weighted by atomic mass is 32.2. The van der Waals surface area contributed by atoms with Crippen LogP contribution < -0.4 is 0 Å². The number of aromatic nitrogens is 3. The number of rotatable bonds is 5. The molecule has 1 aliphatic heterocycles. The number of nitrogens with zero attached hydrogens (tertiary/aromatic N) is 4. The van der Waals surface area contributed by atoms with Crippen molar-refractivity contribution >= 4 is 10.0 Å². The van der Waals surface area contributed by atoms with E-state index in [0.717, 1.165) is 18.4 Å². The van der Waals surface area contributed by atoms with Crippen LogP contribution in [-0.4, -0.2) is 47.2 Å². The van der Waals surface area contributed by atoms with Gasteiger partial charge in [0.1, 0.15) is 0 Å². The first kappa shape index (κ1) is 15.1. The molecule has 2 aromatic rings. The van der Waals surface area contributed by atoms with Crippen LogP contribution in [0.4, 0.5) is 0 Å². The van der Waals surface area contributed by atoms with Crippen molar-refractivity contribution in [1.29, 1.82) is 0 Å². The molecule has 1 fully saturated rings. The van der Waals surface area contributed by atoms with E-state index in [1.807, 2.05) is 12.1 Å². The van der Waals surface area contributed by atoms with E-state index in [4.69, 9.17) is 4.52 Å². The average Bonchev–Trinajstić information content (AvgIpc) is 3.15. The highest BCUT2D eigenvalue weighted by molar-refractivity contribution is 7.88. The molecule has 3 rings (SSSR count). The molecule has 1 aliphatic rings. The number of hydrogen-bond acceptors (Lipinski definition) is 6. The van der Waals surface area contributed by atoms with Crippen LogP contribution in [0.1, 0.15) is 18.7 Å². The molecule has 7 nitrogen and oxygen atoms in total. The Morgan fingerprint density at radius 1 is 1.45 bits per heavy atom. The third-order valence-corrected chi connectivity index (χ3v) is 5.14. The van der Waals surface area contributed by atoms with Crippen molar-refractivity contribution in [1.82, 2.24) is 19.4 Å². The Morgan fingerprint density at radius 3 is 3.00 bits per heavy atom. The van der Waals surface area contributed by atoms with Crippen LogP contribution in [0.3, 0.4) is 0 Å². The molecule has 0 spiro atoms. The largest absolute Gasteiger partial charge is 0.334 e. The predicted molar refractivity (Wildman–Crippen MR) is 80.4 cm³/mol. The molecule has 8 heteroatoms. The Hall–Kier alpha value is -1.80. The lowest BCUT2D eigenvalue weighted by atomic mass is 10.0. The van der Waals surface area contributed by atoms with E-state index >= 15 is 0 Å². The van der Waals surface area contributed by atoms with Crippen LogP contribution >= 0.6 is 0 Å². The molecule has 0 radical (unpaired) electrons. The van der Waals surface area contributed by atoms with Crippen LogP contribution in [0.5, 0.6) is 0 Å². The van der Waals surface area contributed by atoms with Gasteiger partial charge in [0, 0.05) is 31.9 Å². The van der Waals surface area contributed by atoms with E-state index in [9.17, 15) is 8.42 Å². The van der Waals surface area contributed by atoms with Gasteiger partial charge in [0.2, 0.25) is 10.0 Å². The summed E-state index contributed by atoms with van der Waals surface area (Å²) in [5.41, 5.74) is 0.797. The van der Waals surface area contributed by atoms with Gasteiger partial charge >= 0.3 is 0 Å². The van der Waals surface area contributed by atoms with Gasteiger partial charge in [-0.3, -0.25) is 4.98 Å². The topological polar surface area (TPSA) is 89.2 Å². The molecule has 1 unspecified atom stereocenters. The van der Waals surface area contributed by atoms with E-state index in [-0.39, 0.29) is 0 Å². The third kappa shape index (κ3) is 3.50. The minimum atomic E-state index is -3.07. The van der Waals surface area contributed by atoms with Gasteiger partial charge < -0.3 is 4.52 Å². The SMILES string of the molecule is CS(=O)(=O)N1CCC(CCc2noc(-c3cccnc3)n2)C1. The fourth-order valence-electron chi connectivity index (χ4n) is 2.63. The highest BCUT2D eigenvalue weighted by Crippen LogP contribution is 2.23. The summed E-state index contributed by atoms with van der Waals surface area (Å²) >= 11 is 0.